The molecule has 0 fully saturated rings. The van der Waals surface area contributed by atoms with Crippen molar-refractivity contribution in [1.82, 2.24) is 10.2 Å². The van der Waals surface area contributed by atoms with Crippen molar-refractivity contribution in [2.24, 2.45) is 11.7 Å². The number of amides is 1. The van der Waals surface area contributed by atoms with Gasteiger partial charge in [-0.2, -0.15) is 0 Å². The predicted molar refractivity (Wildman–Crippen MR) is 103 cm³/mol. The third-order valence-electron chi connectivity index (χ3n) is 3.79. The molecule has 0 heterocycles. The number of likely N-dealkylation sites (N-methyl/N-ethyl adjacent to an activating group) is 1. The van der Waals surface area contributed by atoms with Crippen LogP contribution in [-0.2, 0) is 4.79 Å². The molecule has 2 unspecified atom stereocenters. The number of nitrogens with two attached hydrogens (primary N) is 1. The van der Waals surface area contributed by atoms with Crippen molar-refractivity contribution in [3.63, 3.8) is 0 Å². The first-order chi connectivity index (χ1) is 10.0. The van der Waals surface area contributed by atoms with Gasteiger partial charge in [-0.25, -0.2) is 0 Å². The van der Waals surface area contributed by atoms with E-state index in [4.69, 9.17) is 17.3 Å². The van der Waals surface area contributed by atoms with Gasteiger partial charge in [0.2, 0.25) is 5.91 Å². The summed E-state index contributed by atoms with van der Waals surface area (Å²) in [6, 6.07) is 7.87. The lowest BCUT2D eigenvalue weighted by molar-refractivity contribution is -0.124. The first-order valence-electron chi connectivity index (χ1n) is 7.51. The Morgan fingerprint density at radius 2 is 1.83 bits per heavy atom. The van der Waals surface area contributed by atoms with Gasteiger partial charge in [0.25, 0.3) is 0 Å². The van der Waals surface area contributed by atoms with Crippen LogP contribution in [0, 0.1) is 5.92 Å². The monoisotopic (exact) mass is 383 g/mol. The lowest BCUT2D eigenvalue weighted by Crippen LogP contribution is -2.41. The average molecular weight is 385 g/mol. The standard InChI is InChI=1S/C16H26ClN3O.2ClH/c1-4-20(5-2)15(11-19-16(21)12(3)10-18)13-8-6-7-9-14(13)17;;/h6-9,12,15H,4-5,10-11,18H2,1-3H3,(H,19,21);2*1H. The topological polar surface area (TPSA) is 58.4 Å². The fraction of sp³-hybridized carbons (Fsp3) is 0.562. The first kappa shape index (κ1) is 24.7. The summed E-state index contributed by atoms with van der Waals surface area (Å²) in [7, 11) is 0. The van der Waals surface area contributed by atoms with Crippen LogP contribution in [0.1, 0.15) is 32.4 Å². The minimum Gasteiger partial charge on any atom is -0.354 e. The molecule has 0 aliphatic rings. The molecule has 134 valence electrons. The first-order valence-corrected chi connectivity index (χ1v) is 7.89. The molecule has 23 heavy (non-hydrogen) atoms. The Balaban J connectivity index is 0. The molecule has 1 aromatic carbocycles. The van der Waals surface area contributed by atoms with Gasteiger partial charge in [0.15, 0.2) is 0 Å². The quantitative estimate of drug-likeness (QED) is 0.723. The van der Waals surface area contributed by atoms with Gasteiger partial charge in [-0.3, -0.25) is 9.69 Å². The Hall–Kier alpha value is -0.520. The Kier molecular flexibility index (Phi) is 13.8. The maximum atomic E-state index is 12.0. The number of hydrogen-bond donors (Lipinski definition) is 2. The van der Waals surface area contributed by atoms with Crippen molar-refractivity contribution >= 4 is 42.3 Å². The molecule has 0 spiro atoms. The molecule has 1 amide bonds. The zero-order valence-corrected chi connectivity index (χ0v) is 16.3. The van der Waals surface area contributed by atoms with Gasteiger partial charge >= 0.3 is 0 Å². The average Bonchev–Trinajstić information content (AvgIpc) is 2.51. The van der Waals surface area contributed by atoms with Crippen LogP contribution in [0.5, 0.6) is 0 Å². The summed E-state index contributed by atoms with van der Waals surface area (Å²) in [5.41, 5.74) is 6.58. The smallest absolute Gasteiger partial charge is 0.224 e. The molecule has 1 aromatic rings. The maximum absolute atomic E-state index is 12.0. The van der Waals surface area contributed by atoms with Gasteiger partial charge in [0, 0.05) is 24.0 Å². The summed E-state index contributed by atoms with van der Waals surface area (Å²) in [5.74, 6) is -0.185. The molecule has 0 aliphatic heterocycles. The van der Waals surface area contributed by atoms with E-state index in [1.165, 1.54) is 0 Å². The molecule has 1 rings (SSSR count). The van der Waals surface area contributed by atoms with Gasteiger partial charge in [-0.05, 0) is 24.7 Å². The Bertz CT molecular complexity index is 456. The predicted octanol–water partition coefficient (Wildman–Crippen LogP) is 3.28. The second-order valence-corrected chi connectivity index (χ2v) is 5.55. The number of nitrogens with zero attached hydrogens (tertiary/aromatic N) is 1. The Morgan fingerprint density at radius 1 is 1.26 bits per heavy atom. The molecular formula is C16H28Cl3N3O. The third-order valence-corrected chi connectivity index (χ3v) is 4.13. The summed E-state index contributed by atoms with van der Waals surface area (Å²) < 4.78 is 0. The molecule has 0 aromatic heterocycles. The van der Waals surface area contributed by atoms with Crippen LogP contribution in [0.15, 0.2) is 24.3 Å². The highest BCUT2D eigenvalue weighted by Crippen LogP contribution is 2.26. The van der Waals surface area contributed by atoms with E-state index < -0.39 is 0 Å². The van der Waals surface area contributed by atoms with Crippen LogP contribution in [0.4, 0.5) is 0 Å². The van der Waals surface area contributed by atoms with Crippen LogP contribution in [0.25, 0.3) is 0 Å². The lowest BCUT2D eigenvalue weighted by Gasteiger charge is -2.31. The molecule has 3 N–H and O–H groups in total. The number of hydrogen-bond acceptors (Lipinski definition) is 3. The van der Waals surface area contributed by atoms with E-state index in [-0.39, 0.29) is 42.7 Å². The summed E-state index contributed by atoms with van der Waals surface area (Å²) in [6.45, 7) is 8.73. The van der Waals surface area contributed by atoms with Crippen molar-refractivity contribution in [3.8, 4) is 0 Å². The summed E-state index contributed by atoms with van der Waals surface area (Å²) >= 11 is 6.32. The van der Waals surface area contributed by atoms with E-state index in [9.17, 15) is 4.79 Å². The molecule has 7 heteroatoms. The zero-order valence-electron chi connectivity index (χ0n) is 13.9. The normalized spacial score (nSPS) is 12.8. The van der Waals surface area contributed by atoms with E-state index in [2.05, 4.69) is 24.1 Å². The van der Waals surface area contributed by atoms with E-state index in [0.29, 0.717) is 13.1 Å². The van der Waals surface area contributed by atoms with Gasteiger partial charge in [-0.15, -0.1) is 24.8 Å². The van der Waals surface area contributed by atoms with Crippen molar-refractivity contribution < 1.29 is 4.79 Å². The van der Waals surface area contributed by atoms with E-state index >= 15 is 0 Å². The highest BCUT2D eigenvalue weighted by atomic mass is 35.5. The van der Waals surface area contributed by atoms with Crippen molar-refractivity contribution in [2.45, 2.75) is 26.8 Å². The molecule has 0 saturated heterocycles. The second-order valence-electron chi connectivity index (χ2n) is 5.14. The molecule has 0 bridgehead atoms. The molecule has 0 saturated carbocycles. The highest BCUT2D eigenvalue weighted by Gasteiger charge is 2.21. The maximum Gasteiger partial charge on any atom is 0.224 e. The largest absolute Gasteiger partial charge is 0.354 e. The van der Waals surface area contributed by atoms with Crippen LogP contribution < -0.4 is 11.1 Å². The fourth-order valence-corrected chi connectivity index (χ4v) is 2.59. The minimum atomic E-state index is -0.173. The number of carbonyl (C=O) groups excluding carboxylic acids is 1. The number of nitrogens with one attached hydrogen (secondary N) is 1. The highest BCUT2D eigenvalue weighted by molar-refractivity contribution is 6.31. The van der Waals surface area contributed by atoms with E-state index in [1.54, 1.807) is 0 Å². The lowest BCUT2D eigenvalue weighted by atomic mass is 10.0. The fourth-order valence-electron chi connectivity index (χ4n) is 2.32. The minimum absolute atomic E-state index is 0. The van der Waals surface area contributed by atoms with E-state index in [1.807, 2.05) is 31.2 Å². The SMILES string of the molecule is CCN(CC)C(CNC(=O)C(C)CN)c1ccccc1Cl.Cl.Cl. The van der Waals surface area contributed by atoms with Gasteiger partial charge in [-0.1, -0.05) is 50.6 Å². The molecule has 0 aliphatic carbocycles. The summed E-state index contributed by atoms with van der Waals surface area (Å²) in [5, 5.41) is 3.72. The molecule has 4 nitrogen and oxygen atoms in total. The number of halogens is 3. The van der Waals surface area contributed by atoms with Gasteiger partial charge in [0.1, 0.15) is 0 Å². The van der Waals surface area contributed by atoms with Crippen LogP contribution in [0.2, 0.25) is 5.02 Å². The second kappa shape index (κ2) is 12.8. The Labute approximate surface area is 157 Å². The summed E-state index contributed by atoms with van der Waals surface area (Å²) in [6.07, 6.45) is 0. The number of rotatable bonds is 8. The zero-order chi connectivity index (χ0) is 15.8. The molecule has 0 radical (unpaired) electrons. The van der Waals surface area contributed by atoms with Crippen LogP contribution in [0.3, 0.4) is 0 Å². The van der Waals surface area contributed by atoms with Crippen molar-refractivity contribution in [2.75, 3.05) is 26.2 Å². The summed E-state index contributed by atoms with van der Waals surface area (Å²) in [4.78, 5) is 14.2. The van der Waals surface area contributed by atoms with Crippen molar-refractivity contribution in [3.05, 3.63) is 34.9 Å². The van der Waals surface area contributed by atoms with Gasteiger partial charge < -0.3 is 11.1 Å². The molecular weight excluding hydrogens is 357 g/mol. The molecule has 2 atom stereocenters. The third kappa shape index (κ3) is 7.27. The van der Waals surface area contributed by atoms with Crippen LogP contribution in [-0.4, -0.2) is 37.0 Å². The van der Waals surface area contributed by atoms with Crippen molar-refractivity contribution in [1.29, 1.82) is 0 Å². The Morgan fingerprint density at radius 3 is 2.30 bits per heavy atom. The van der Waals surface area contributed by atoms with E-state index in [0.717, 1.165) is 23.7 Å². The van der Waals surface area contributed by atoms with Gasteiger partial charge in [0.05, 0.1) is 6.04 Å². The number of benzene rings is 1. The van der Waals surface area contributed by atoms with Crippen LogP contribution >= 0.6 is 36.4 Å². The number of carbonyl (C=O) groups is 1.